The molecule has 0 bridgehead atoms. The summed E-state index contributed by atoms with van der Waals surface area (Å²) >= 11 is 0. The van der Waals surface area contributed by atoms with E-state index in [1.807, 2.05) is 0 Å². The molecule has 0 spiro atoms. The molecule has 2 aliphatic heterocycles. The highest BCUT2D eigenvalue weighted by Gasteiger charge is 2.47. The Morgan fingerprint density at radius 1 is 0.508 bits per heavy atom. The van der Waals surface area contributed by atoms with Crippen molar-refractivity contribution in [1.82, 2.24) is 0 Å². The number of esters is 2. The van der Waals surface area contributed by atoms with Gasteiger partial charge in [-0.05, 0) is 44.9 Å². The minimum Gasteiger partial charge on any atom is -0.462 e. The monoisotopic (exact) mass is 903 g/mol. The molecular weight excluding hydrogens is 817 g/mol. The van der Waals surface area contributed by atoms with Crippen LogP contribution in [0.1, 0.15) is 174 Å². The van der Waals surface area contributed by atoms with Gasteiger partial charge in [0.2, 0.25) is 0 Å². The summed E-state index contributed by atoms with van der Waals surface area (Å²) in [6.07, 6.45) is 18.1. The van der Waals surface area contributed by atoms with Gasteiger partial charge >= 0.3 is 11.9 Å². The highest BCUT2D eigenvalue weighted by atomic mass is 16.7. The maximum atomic E-state index is 12.9. The fourth-order valence-corrected chi connectivity index (χ4v) is 7.60. The molecule has 0 saturated carbocycles. The van der Waals surface area contributed by atoms with Gasteiger partial charge in [-0.1, -0.05) is 141 Å². The first-order chi connectivity index (χ1) is 30.5. The first-order valence-corrected chi connectivity index (χ1v) is 24.4. The molecule has 2 heterocycles. The zero-order chi connectivity index (χ0) is 46.1. The van der Waals surface area contributed by atoms with E-state index in [9.17, 15) is 45.3 Å². The van der Waals surface area contributed by atoms with E-state index < -0.39 is 92.7 Å². The van der Waals surface area contributed by atoms with Crippen LogP contribution in [0.3, 0.4) is 0 Å². The average Bonchev–Trinajstić information content (AvgIpc) is 3.28. The second kappa shape index (κ2) is 36.1. The van der Waals surface area contributed by atoms with Gasteiger partial charge in [0.25, 0.3) is 0 Å². The molecule has 0 aromatic rings. The standard InChI is InChI=1S/C48H86O15/c1-3-5-7-9-11-13-14-15-16-17-18-19-20-21-22-23-25-26-28-30-39(50)58-33-36(61-40(51)31-29-27-24-12-10-8-6-4-2)34-59-47-46(57)44(55)42(53)38(63-47)35-60-48-45(56)43(54)41(52)37(32-49)62-48/h11,13,15-16,36-38,41-49,52-57H,3-10,12,14,17-35H2,1-2H3/b13-11+,16-15+/t36-,37+,38+,41-,42-,43?,44?,45?,46?,47+,48+/m0/s1. The summed E-state index contributed by atoms with van der Waals surface area (Å²) in [4.78, 5) is 25.6. The van der Waals surface area contributed by atoms with Crippen LogP contribution in [0, 0.1) is 0 Å². The van der Waals surface area contributed by atoms with Gasteiger partial charge < -0.3 is 64.2 Å². The molecule has 0 aromatic carbocycles. The molecule has 7 N–H and O–H groups in total. The topological polar surface area (TPSA) is 231 Å². The summed E-state index contributed by atoms with van der Waals surface area (Å²) in [6, 6.07) is 0. The SMILES string of the molecule is CCCCC/C=C/C/C=C/CCCCCCCCCCCC(=O)OC[C@@H](CO[C@@H]1O[C@H](CO[C@@H]2O[C@H](CO)[C@H](O)C(O)C2O)[C@H](O)C(O)C1O)OC(=O)CCCCCCCCCC. The minimum atomic E-state index is -1.76. The van der Waals surface area contributed by atoms with E-state index in [0.29, 0.717) is 12.8 Å². The Hall–Kier alpha value is -2.02. The van der Waals surface area contributed by atoms with Crippen LogP contribution in [0.2, 0.25) is 0 Å². The first kappa shape index (κ1) is 57.1. The Kier molecular flexibility index (Phi) is 32.8. The molecule has 15 heteroatoms. The molecule has 63 heavy (non-hydrogen) atoms. The number of allylic oxidation sites excluding steroid dienone is 4. The number of rotatable bonds is 37. The van der Waals surface area contributed by atoms with Crippen LogP contribution in [0.5, 0.6) is 0 Å². The smallest absolute Gasteiger partial charge is 0.306 e. The van der Waals surface area contributed by atoms with Crippen molar-refractivity contribution >= 4 is 11.9 Å². The molecule has 2 saturated heterocycles. The van der Waals surface area contributed by atoms with Crippen LogP contribution in [-0.4, -0.2) is 142 Å². The average molecular weight is 903 g/mol. The molecule has 2 fully saturated rings. The molecule has 0 aromatic heterocycles. The maximum absolute atomic E-state index is 12.9. The van der Waals surface area contributed by atoms with E-state index >= 15 is 0 Å². The lowest BCUT2D eigenvalue weighted by Gasteiger charge is -2.42. The van der Waals surface area contributed by atoms with Crippen LogP contribution in [0.15, 0.2) is 24.3 Å². The molecule has 0 radical (unpaired) electrons. The van der Waals surface area contributed by atoms with Gasteiger partial charge in [0.1, 0.15) is 55.4 Å². The largest absolute Gasteiger partial charge is 0.462 e. The quantitative estimate of drug-likeness (QED) is 0.0216. The van der Waals surface area contributed by atoms with Crippen molar-refractivity contribution in [3.05, 3.63) is 24.3 Å². The lowest BCUT2D eigenvalue weighted by atomic mass is 9.98. The molecule has 2 rings (SSSR count). The van der Waals surface area contributed by atoms with Gasteiger partial charge in [-0.25, -0.2) is 0 Å². The third-order valence-corrected chi connectivity index (χ3v) is 11.7. The third kappa shape index (κ3) is 24.9. The van der Waals surface area contributed by atoms with Crippen molar-refractivity contribution in [2.24, 2.45) is 0 Å². The van der Waals surface area contributed by atoms with E-state index in [0.717, 1.165) is 51.4 Å². The number of hydrogen-bond donors (Lipinski definition) is 7. The Bertz CT molecular complexity index is 1200. The first-order valence-electron chi connectivity index (χ1n) is 24.4. The number of aliphatic hydroxyl groups is 7. The Morgan fingerprint density at radius 3 is 1.51 bits per heavy atom. The van der Waals surface area contributed by atoms with Crippen LogP contribution in [-0.2, 0) is 38.0 Å². The Labute approximate surface area is 377 Å². The molecule has 4 unspecified atom stereocenters. The number of hydrogen-bond acceptors (Lipinski definition) is 15. The zero-order valence-electron chi connectivity index (χ0n) is 38.6. The number of carbonyl (C=O) groups excluding carboxylic acids is 2. The van der Waals surface area contributed by atoms with E-state index in [-0.39, 0.29) is 26.1 Å². The third-order valence-electron chi connectivity index (χ3n) is 11.7. The fraction of sp³-hybridized carbons (Fsp3) is 0.875. The summed E-state index contributed by atoms with van der Waals surface area (Å²) < 4.78 is 33.4. The number of unbranched alkanes of at least 4 members (excludes halogenated alkanes) is 19. The lowest BCUT2D eigenvalue weighted by molar-refractivity contribution is -0.332. The van der Waals surface area contributed by atoms with E-state index in [1.54, 1.807) is 0 Å². The van der Waals surface area contributed by atoms with Gasteiger partial charge in [0, 0.05) is 12.8 Å². The van der Waals surface area contributed by atoms with E-state index in [4.69, 9.17) is 28.4 Å². The normalized spacial score (nSPS) is 27.0. The zero-order valence-corrected chi connectivity index (χ0v) is 38.6. The van der Waals surface area contributed by atoms with Gasteiger partial charge in [0.05, 0.1) is 19.8 Å². The molecular formula is C48H86O15. The van der Waals surface area contributed by atoms with Crippen molar-refractivity contribution in [3.63, 3.8) is 0 Å². The van der Waals surface area contributed by atoms with Crippen molar-refractivity contribution < 1.29 is 73.8 Å². The molecule has 0 aliphatic carbocycles. The van der Waals surface area contributed by atoms with Crippen molar-refractivity contribution in [3.8, 4) is 0 Å². The molecule has 11 atom stereocenters. The van der Waals surface area contributed by atoms with Crippen molar-refractivity contribution in [2.45, 2.75) is 242 Å². The molecule has 368 valence electrons. The summed E-state index contributed by atoms with van der Waals surface area (Å²) in [7, 11) is 0. The summed E-state index contributed by atoms with van der Waals surface area (Å²) in [5.41, 5.74) is 0. The minimum absolute atomic E-state index is 0.166. The Morgan fingerprint density at radius 2 is 0.952 bits per heavy atom. The van der Waals surface area contributed by atoms with Gasteiger partial charge in [0.15, 0.2) is 18.7 Å². The fourth-order valence-electron chi connectivity index (χ4n) is 7.60. The lowest BCUT2D eigenvalue weighted by Crippen LogP contribution is -2.61. The number of aliphatic hydroxyl groups excluding tert-OH is 7. The van der Waals surface area contributed by atoms with E-state index in [1.165, 1.54) is 83.5 Å². The van der Waals surface area contributed by atoms with Crippen molar-refractivity contribution in [2.75, 3.05) is 26.4 Å². The highest BCUT2D eigenvalue weighted by molar-refractivity contribution is 5.70. The predicted molar refractivity (Wildman–Crippen MR) is 238 cm³/mol. The molecule has 0 amide bonds. The van der Waals surface area contributed by atoms with Crippen LogP contribution >= 0.6 is 0 Å². The van der Waals surface area contributed by atoms with Gasteiger partial charge in [-0.2, -0.15) is 0 Å². The summed E-state index contributed by atoms with van der Waals surface area (Å²) in [5, 5.41) is 71.8. The van der Waals surface area contributed by atoms with E-state index in [2.05, 4.69) is 38.2 Å². The van der Waals surface area contributed by atoms with Gasteiger partial charge in [-0.3, -0.25) is 9.59 Å². The van der Waals surface area contributed by atoms with Crippen LogP contribution in [0.4, 0.5) is 0 Å². The van der Waals surface area contributed by atoms with Crippen LogP contribution in [0.25, 0.3) is 0 Å². The second-order valence-electron chi connectivity index (χ2n) is 17.3. The molecule has 15 nitrogen and oxygen atoms in total. The summed E-state index contributed by atoms with van der Waals surface area (Å²) in [5.74, 6) is -0.931. The second-order valence-corrected chi connectivity index (χ2v) is 17.3. The van der Waals surface area contributed by atoms with Gasteiger partial charge in [-0.15, -0.1) is 0 Å². The molecule has 2 aliphatic rings. The number of ether oxygens (including phenoxy) is 6. The maximum Gasteiger partial charge on any atom is 0.306 e. The Balaban J connectivity index is 1.77. The van der Waals surface area contributed by atoms with Crippen molar-refractivity contribution in [1.29, 1.82) is 0 Å². The number of carbonyl (C=O) groups is 2. The van der Waals surface area contributed by atoms with Crippen LogP contribution < -0.4 is 0 Å². The highest BCUT2D eigenvalue weighted by Crippen LogP contribution is 2.26. The predicted octanol–water partition coefficient (Wildman–Crippen LogP) is 5.99. The summed E-state index contributed by atoms with van der Waals surface area (Å²) in [6.45, 7) is 2.52.